The van der Waals surface area contributed by atoms with Crippen LogP contribution < -0.4 is 21.7 Å². The number of thioether (sulfide) groups is 1. The van der Waals surface area contributed by atoms with E-state index in [4.69, 9.17) is 5.73 Å². The summed E-state index contributed by atoms with van der Waals surface area (Å²) in [5.41, 5.74) is 6.92. The van der Waals surface area contributed by atoms with E-state index in [2.05, 4.69) is 16.0 Å². The Kier molecular flexibility index (Phi) is 14.2. The van der Waals surface area contributed by atoms with Gasteiger partial charge in [0, 0.05) is 6.42 Å². The minimum absolute atomic E-state index is 0.0609. The van der Waals surface area contributed by atoms with Gasteiger partial charge >= 0.3 is 5.97 Å². The summed E-state index contributed by atoms with van der Waals surface area (Å²) in [6, 6.07) is 5.50. The summed E-state index contributed by atoms with van der Waals surface area (Å²) in [6.07, 6.45) is 3.38. The lowest BCUT2D eigenvalue weighted by molar-refractivity contribution is -0.142. The molecular formula is C26H42N4O5S. The number of carboxylic acid groups (broad SMARTS) is 1. The van der Waals surface area contributed by atoms with Crippen LogP contribution in [0.25, 0.3) is 0 Å². The van der Waals surface area contributed by atoms with Crippen LogP contribution in [0.15, 0.2) is 30.3 Å². The van der Waals surface area contributed by atoms with Crippen molar-refractivity contribution in [3.8, 4) is 0 Å². The summed E-state index contributed by atoms with van der Waals surface area (Å²) < 4.78 is 0. The molecule has 0 aliphatic heterocycles. The van der Waals surface area contributed by atoms with Crippen LogP contribution in [-0.2, 0) is 25.6 Å². The number of carbonyl (C=O) groups excluding carboxylic acids is 3. The van der Waals surface area contributed by atoms with Gasteiger partial charge in [0.1, 0.15) is 18.1 Å². The van der Waals surface area contributed by atoms with Crippen LogP contribution >= 0.6 is 11.8 Å². The molecule has 10 heteroatoms. The summed E-state index contributed by atoms with van der Waals surface area (Å²) >= 11 is 1.51. The lowest BCUT2D eigenvalue weighted by atomic mass is 9.98. The van der Waals surface area contributed by atoms with E-state index in [9.17, 15) is 24.3 Å². The van der Waals surface area contributed by atoms with E-state index in [0.717, 1.165) is 5.56 Å². The molecule has 5 unspecified atom stereocenters. The summed E-state index contributed by atoms with van der Waals surface area (Å²) in [5.74, 6) is -2.08. The molecule has 0 fully saturated rings. The van der Waals surface area contributed by atoms with Crippen LogP contribution in [0.1, 0.15) is 52.5 Å². The summed E-state index contributed by atoms with van der Waals surface area (Å²) in [4.78, 5) is 50.8. The second-order valence-corrected chi connectivity index (χ2v) is 10.5. The minimum atomic E-state index is -1.12. The fraction of sp³-hybridized carbons (Fsp3) is 0.615. The first-order valence-corrected chi connectivity index (χ1v) is 13.8. The topological polar surface area (TPSA) is 151 Å². The number of carbonyl (C=O) groups is 4. The van der Waals surface area contributed by atoms with E-state index in [1.807, 2.05) is 64.3 Å². The van der Waals surface area contributed by atoms with Gasteiger partial charge < -0.3 is 26.8 Å². The number of hydrogen-bond acceptors (Lipinski definition) is 6. The minimum Gasteiger partial charge on any atom is -0.480 e. The number of rotatable bonds is 16. The molecular weight excluding hydrogens is 480 g/mol. The number of nitrogens with two attached hydrogens (primary N) is 1. The normalized spacial score (nSPS) is 15.3. The number of carboxylic acids is 1. The fourth-order valence-corrected chi connectivity index (χ4v) is 4.05. The molecule has 0 saturated carbocycles. The maximum absolute atomic E-state index is 13.4. The third-order valence-corrected chi connectivity index (χ3v) is 6.68. The first kappa shape index (κ1) is 31.4. The summed E-state index contributed by atoms with van der Waals surface area (Å²) in [6.45, 7) is 7.55. The number of amides is 3. The molecule has 6 N–H and O–H groups in total. The molecule has 1 rings (SSSR count). The first-order chi connectivity index (χ1) is 17.0. The fourth-order valence-electron chi connectivity index (χ4n) is 3.58. The van der Waals surface area contributed by atoms with Gasteiger partial charge in [-0.25, -0.2) is 4.79 Å². The van der Waals surface area contributed by atoms with Gasteiger partial charge in [0.25, 0.3) is 0 Å². The lowest BCUT2D eigenvalue weighted by Crippen LogP contribution is -2.58. The van der Waals surface area contributed by atoms with Gasteiger partial charge in [-0.2, -0.15) is 11.8 Å². The van der Waals surface area contributed by atoms with Crippen molar-refractivity contribution in [1.29, 1.82) is 0 Å². The van der Waals surface area contributed by atoms with Gasteiger partial charge in [-0.3, -0.25) is 14.4 Å². The van der Waals surface area contributed by atoms with E-state index in [-0.39, 0.29) is 24.7 Å². The van der Waals surface area contributed by atoms with Gasteiger partial charge in [-0.05, 0) is 42.2 Å². The molecule has 5 atom stereocenters. The SMILES string of the molecule is CCC(C)C(N)C(=O)NC(Cc1ccccc1)C(=O)NC(CCSC)C(=O)NC(CC(C)C)C(=O)O. The van der Waals surface area contributed by atoms with Gasteiger partial charge in [-0.1, -0.05) is 64.4 Å². The highest BCUT2D eigenvalue weighted by molar-refractivity contribution is 7.98. The molecule has 3 amide bonds. The summed E-state index contributed by atoms with van der Waals surface area (Å²) in [7, 11) is 0. The molecule has 202 valence electrons. The highest BCUT2D eigenvalue weighted by Gasteiger charge is 2.31. The molecule has 0 heterocycles. The van der Waals surface area contributed by atoms with Crippen molar-refractivity contribution >= 4 is 35.5 Å². The molecule has 0 spiro atoms. The lowest BCUT2D eigenvalue weighted by Gasteiger charge is -2.26. The van der Waals surface area contributed by atoms with Gasteiger partial charge in [0.05, 0.1) is 6.04 Å². The number of hydrogen-bond donors (Lipinski definition) is 5. The van der Waals surface area contributed by atoms with Crippen molar-refractivity contribution in [1.82, 2.24) is 16.0 Å². The molecule has 9 nitrogen and oxygen atoms in total. The van der Waals surface area contributed by atoms with Crippen LogP contribution in [0.4, 0.5) is 0 Å². The molecule has 0 saturated heterocycles. The second kappa shape index (κ2) is 16.2. The molecule has 0 radical (unpaired) electrons. The van der Waals surface area contributed by atoms with Crippen LogP contribution in [0.3, 0.4) is 0 Å². The van der Waals surface area contributed by atoms with E-state index < -0.39 is 47.9 Å². The Labute approximate surface area is 218 Å². The zero-order valence-electron chi connectivity index (χ0n) is 22.0. The second-order valence-electron chi connectivity index (χ2n) is 9.53. The Morgan fingerprint density at radius 3 is 2.00 bits per heavy atom. The monoisotopic (exact) mass is 522 g/mol. The average Bonchev–Trinajstić information content (AvgIpc) is 2.84. The average molecular weight is 523 g/mol. The zero-order valence-corrected chi connectivity index (χ0v) is 22.8. The molecule has 0 aliphatic rings. The van der Waals surface area contributed by atoms with Crippen LogP contribution in [0.2, 0.25) is 0 Å². The third kappa shape index (κ3) is 11.0. The molecule has 0 aliphatic carbocycles. The Balaban J connectivity index is 3.09. The van der Waals surface area contributed by atoms with E-state index >= 15 is 0 Å². The van der Waals surface area contributed by atoms with Crippen molar-refractivity contribution in [3.63, 3.8) is 0 Å². The van der Waals surface area contributed by atoms with Crippen LogP contribution in [-0.4, -0.2) is 65.0 Å². The van der Waals surface area contributed by atoms with Crippen LogP contribution in [0.5, 0.6) is 0 Å². The predicted octanol–water partition coefficient (Wildman–Crippen LogP) is 1.94. The molecule has 36 heavy (non-hydrogen) atoms. The Hall–Kier alpha value is -2.59. The van der Waals surface area contributed by atoms with Crippen molar-refractivity contribution in [2.24, 2.45) is 17.6 Å². The Morgan fingerprint density at radius 2 is 1.47 bits per heavy atom. The highest BCUT2D eigenvalue weighted by Crippen LogP contribution is 2.10. The Morgan fingerprint density at radius 1 is 0.917 bits per heavy atom. The Bertz CT molecular complexity index is 852. The largest absolute Gasteiger partial charge is 0.480 e. The smallest absolute Gasteiger partial charge is 0.326 e. The highest BCUT2D eigenvalue weighted by atomic mass is 32.2. The van der Waals surface area contributed by atoms with Crippen LogP contribution in [0, 0.1) is 11.8 Å². The maximum Gasteiger partial charge on any atom is 0.326 e. The third-order valence-electron chi connectivity index (χ3n) is 6.04. The molecule has 0 aromatic heterocycles. The number of benzene rings is 1. The molecule has 1 aromatic rings. The van der Waals surface area contributed by atoms with Crippen molar-refractivity contribution in [2.45, 2.75) is 77.5 Å². The van der Waals surface area contributed by atoms with E-state index in [1.54, 1.807) is 0 Å². The van der Waals surface area contributed by atoms with Crippen molar-refractivity contribution in [3.05, 3.63) is 35.9 Å². The summed E-state index contributed by atoms with van der Waals surface area (Å²) in [5, 5.41) is 17.6. The molecule has 1 aromatic carbocycles. The van der Waals surface area contributed by atoms with Crippen molar-refractivity contribution < 1.29 is 24.3 Å². The standard InChI is InChI=1S/C26H42N4O5S/c1-6-17(4)22(27)25(33)29-20(15-18-10-8-7-9-11-18)24(32)28-19(12-13-36-5)23(31)30-21(26(34)35)14-16(2)3/h7-11,16-17,19-22H,6,12-15,27H2,1-5H3,(H,28,32)(H,29,33)(H,30,31)(H,34,35). The first-order valence-electron chi connectivity index (χ1n) is 12.4. The zero-order chi connectivity index (χ0) is 27.3. The number of nitrogens with one attached hydrogen (secondary N) is 3. The molecule has 0 bridgehead atoms. The quantitative estimate of drug-likeness (QED) is 0.223. The van der Waals surface area contributed by atoms with Gasteiger partial charge in [0.2, 0.25) is 17.7 Å². The van der Waals surface area contributed by atoms with Gasteiger partial charge in [-0.15, -0.1) is 0 Å². The van der Waals surface area contributed by atoms with Gasteiger partial charge in [0.15, 0.2) is 0 Å². The van der Waals surface area contributed by atoms with Crippen molar-refractivity contribution in [2.75, 3.05) is 12.0 Å². The predicted molar refractivity (Wildman–Crippen MR) is 143 cm³/mol. The van der Waals surface area contributed by atoms with E-state index in [0.29, 0.717) is 18.6 Å². The van der Waals surface area contributed by atoms with E-state index in [1.165, 1.54) is 11.8 Å². The maximum atomic E-state index is 13.4. The number of aliphatic carboxylic acids is 1.